The summed E-state index contributed by atoms with van der Waals surface area (Å²) in [4.78, 5) is 44.2. The summed E-state index contributed by atoms with van der Waals surface area (Å²) >= 11 is 0. The van der Waals surface area contributed by atoms with E-state index in [0.29, 0.717) is 0 Å². The molecule has 0 saturated carbocycles. The van der Waals surface area contributed by atoms with E-state index in [1.54, 1.807) is 0 Å². The Kier molecular flexibility index (Phi) is 4.25. The van der Waals surface area contributed by atoms with Gasteiger partial charge in [0.2, 0.25) is 23.6 Å². The highest BCUT2D eigenvalue weighted by Gasteiger charge is 2.11. The highest BCUT2D eigenvalue weighted by atomic mass is 16.2. The largest absolute Gasteiger partial charge is 0.346 e. The van der Waals surface area contributed by atoms with Crippen molar-refractivity contribution in [3.05, 3.63) is 0 Å². The first-order chi connectivity index (χ1) is 7.58. The fraction of sp³-hybridized carbons (Fsp3) is 0.500. The van der Waals surface area contributed by atoms with E-state index in [9.17, 15) is 19.2 Å². The van der Waals surface area contributed by atoms with E-state index in [-0.39, 0.29) is 26.2 Å². The molecule has 0 aromatic rings. The first kappa shape index (κ1) is 12.0. The van der Waals surface area contributed by atoms with E-state index >= 15 is 0 Å². The van der Waals surface area contributed by atoms with Gasteiger partial charge in [-0.15, -0.1) is 0 Å². The normalized spacial score (nSPS) is 19.5. The molecule has 1 aliphatic rings. The van der Waals surface area contributed by atoms with Crippen LogP contribution in [0.4, 0.5) is 0 Å². The molecule has 4 amide bonds. The van der Waals surface area contributed by atoms with Gasteiger partial charge in [0.05, 0.1) is 26.2 Å². The van der Waals surface area contributed by atoms with E-state index in [1.165, 1.54) is 0 Å². The van der Waals surface area contributed by atoms with Crippen LogP contribution in [0.3, 0.4) is 0 Å². The Morgan fingerprint density at radius 3 is 0.875 bits per heavy atom. The summed E-state index contributed by atoms with van der Waals surface area (Å²) in [6, 6.07) is 0. The van der Waals surface area contributed by atoms with Gasteiger partial charge in [0.1, 0.15) is 0 Å². The fourth-order valence-electron chi connectivity index (χ4n) is 0.965. The van der Waals surface area contributed by atoms with Crippen LogP contribution in [0.2, 0.25) is 0 Å². The molecular formula is C8H12N4O4. The summed E-state index contributed by atoms with van der Waals surface area (Å²) in [5, 5.41) is 9.15. The van der Waals surface area contributed by atoms with Gasteiger partial charge >= 0.3 is 0 Å². The van der Waals surface area contributed by atoms with E-state index < -0.39 is 23.6 Å². The maximum atomic E-state index is 11.1. The lowest BCUT2D eigenvalue weighted by Gasteiger charge is -2.10. The van der Waals surface area contributed by atoms with Crippen LogP contribution in [0, 0.1) is 0 Å². The highest BCUT2D eigenvalue weighted by Crippen LogP contribution is 1.73. The van der Waals surface area contributed by atoms with Gasteiger partial charge < -0.3 is 21.3 Å². The Balaban J connectivity index is 2.52. The lowest BCUT2D eigenvalue weighted by molar-refractivity contribution is -0.130. The zero-order chi connectivity index (χ0) is 12.0. The first-order valence-electron chi connectivity index (χ1n) is 4.64. The predicted molar refractivity (Wildman–Crippen MR) is 52.0 cm³/mol. The van der Waals surface area contributed by atoms with Crippen LogP contribution in [0.15, 0.2) is 0 Å². The monoisotopic (exact) mass is 228 g/mol. The number of hydrogen-bond acceptors (Lipinski definition) is 4. The topological polar surface area (TPSA) is 116 Å². The van der Waals surface area contributed by atoms with Crippen molar-refractivity contribution in [2.45, 2.75) is 0 Å². The second kappa shape index (κ2) is 5.69. The van der Waals surface area contributed by atoms with Gasteiger partial charge in [0, 0.05) is 0 Å². The SMILES string of the molecule is O=C1CNC(=O)CNC(=O)CNC(=O)CN1. The standard InChI is InChI=1S/C8H12N4O4/c13-5-1-9-6(14)2-11-8(16)4-12-7(15)3-10-5/h1-4H2,(H,9,14)(H,10,13)(H,11,16)(H,12,15). The fourth-order valence-corrected chi connectivity index (χ4v) is 0.965. The van der Waals surface area contributed by atoms with Crippen LogP contribution >= 0.6 is 0 Å². The summed E-state index contributed by atoms with van der Waals surface area (Å²) in [5.41, 5.74) is 0. The van der Waals surface area contributed by atoms with Gasteiger partial charge in [-0.3, -0.25) is 19.2 Å². The maximum Gasteiger partial charge on any atom is 0.239 e. The van der Waals surface area contributed by atoms with Crippen molar-refractivity contribution >= 4 is 23.6 Å². The van der Waals surface area contributed by atoms with Crippen molar-refractivity contribution in [2.75, 3.05) is 26.2 Å². The van der Waals surface area contributed by atoms with Gasteiger partial charge in [-0.2, -0.15) is 0 Å². The molecule has 0 atom stereocenters. The zero-order valence-electron chi connectivity index (χ0n) is 8.46. The number of carbonyl (C=O) groups excluding carboxylic acids is 4. The summed E-state index contributed by atoms with van der Waals surface area (Å²) in [5.74, 6) is -1.85. The molecule has 0 bridgehead atoms. The number of nitrogens with one attached hydrogen (secondary N) is 4. The molecule has 0 aliphatic carbocycles. The van der Waals surface area contributed by atoms with Crippen molar-refractivity contribution < 1.29 is 19.2 Å². The Morgan fingerprint density at radius 2 is 0.688 bits per heavy atom. The molecule has 0 spiro atoms. The lowest BCUT2D eigenvalue weighted by Crippen LogP contribution is -2.48. The number of hydrogen-bond donors (Lipinski definition) is 4. The molecule has 0 aromatic carbocycles. The average molecular weight is 228 g/mol. The average Bonchev–Trinajstić information content (AvgIpc) is 2.27. The van der Waals surface area contributed by atoms with Crippen LogP contribution in [0.5, 0.6) is 0 Å². The third kappa shape index (κ3) is 4.40. The van der Waals surface area contributed by atoms with E-state index in [2.05, 4.69) is 21.3 Å². The molecule has 0 aromatic heterocycles. The third-order valence-electron chi connectivity index (χ3n) is 1.78. The molecule has 1 rings (SSSR count). The van der Waals surface area contributed by atoms with Crippen LogP contribution in [0.1, 0.15) is 0 Å². The Hall–Kier alpha value is -2.12. The minimum Gasteiger partial charge on any atom is -0.346 e. The zero-order valence-corrected chi connectivity index (χ0v) is 8.46. The number of carbonyl (C=O) groups is 4. The Labute approximate surface area is 91.1 Å². The molecular weight excluding hydrogens is 216 g/mol. The maximum absolute atomic E-state index is 11.1. The second-order valence-electron chi connectivity index (χ2n) is 3.11. The van der Waals surface area contributed by atoms with E-state index in [4.69, 9.17) is 0 Å². The van der Waals surface area contributed by atoms with Gasteiger partial charge in [0.25, 0.3) is 0 Å². The second-order valence-corrected chi connectivity index (χ2v) is 3.11. The van der Waals surface area contributed by atoms with Crippen molar-refractivity contribution in [1.29, 1.82) is 0 Å². The molecule has 1 fully saturated rings. The van der Waals surface area contributed by atoms with E-state index in [1.807, 2.05) is 0 Å². The molecule has 8 heteroatoms. The van der Waals surface area contributed by atoms with Crippen molar-refractivity contribution in [3.8, 4) is 0 Å². The van der Waals surface area contributed by atoms with Crippen molar-refractivity contribution in [2.24, 2.45) is 0 Å². The first-order valence-corrected chi connectivity index (χ1v) is 4.64. The van der Waals surface area contributed by atoms with Gasteiger partial charge in [0.15, 0.2) is 0 Å². The van der Waals surface area contributed by atoms with E-state index in [0.717, 1.165) is 0 Å². The number of amides is 4. The summed E-state index contributed by atoms with van der Waals surface area (Å²) in [6.45, 7) is -0.881. The molecule has 0 radical (unpaired) electrons. The molecule has 88 valence electrons. The molecule has 1 heterocycles. The molecule has 16 heavy (non-hydrogen) atoms. The van der Waals surface area contributed by atoms with Crippen LogP contribution < -0.4 is 21.3 Å². The summed E-state index contributed by atoms with van der Waals surface area (Å²) < 4.78 is 0. The van der Waals surface area contributed by atoms with Crippen LogP contribution in [-0.2, 0) is 19.2 Å². The summed E-state index contributed by atoms with van der Waals surface area (Å²) in [6.07, 6.45) is 0. The van der Waals surface area contributed by atoms with Crippen molar-refractivity contribution in [3.63, 3.8) is 0 Å². The third-order valence-corrected chi connectivity index (χ3v) is 1.78. The quantitative estimate of drug-likeness (QED) is 0.343. The minimum absolute atomic E-state index is 0.220. The Bertz CT molecular complexity index is 240. The van der Waals surface area contributed by atoms with Crippen LogP contribution in [0.25, 0.3) is 0 Å². The smallest absolute Gasteiger partial charge is 0.239 e. The molecule has 0 unspecified atom stereocenters. The minimum atomic E-state index is -0.463. The van der Waals surface area contributed by atoms with Gasteiger partial charge in [-0.05, 0) is 0 Å². The van der Waals surface area contributed by atoms with Gasteiger partial charge in [-0.25, -0.2) is 0 Å². The summed E-state index contributed by atoms with van der Waals surface area (Å²) in [7, 11) is 0. The van der Waals surface area contributed by atoms with Crippen molar-refractivity contribution in [1.82, 2.24) is 21.3 Å². The lowest BCUT2D eigenvalue weighted by atomic mass is 10.4. The van der Waals surface area contributed by atoms with Crippen LogP contribution in [-0.4, -0.2) is 49.8 Å². The molecule has 4 N–H and O–H groups in total. The predicted octanol–water partition coefficient (Wildman–Crippen LogP) is -3.54. The highest BCUT2D eigenvalue weighted by molar-refractivity contribution is 5.92. The molecule has 1 saturated heterocycles. The van der Waals surface area contributed by atoms with Gasteiger partial charge in [-0.1, -0.05) is 0 Å². The number of rotatable bonds is 0. The Morgan fingerprint density at radius 1 is 0.500 bits per heavy atom. The molecule has 8 nitrogen and oxygen atoms in total. The molecule has 1 aliphatic heterocycles.